The Labute approximate surface area is 165 Å². The molecule has 1 unspecified atom stereocenters. The van der Waals surface area contributed by atoms with Crippen molar-refractivity contribution in [2.24, 2.45) is 12.0 Å². The normalized spacial score (nSPS) is 17.2. The van der Waals surface area contributed by atoms with E-state index in [2.05, 4.69) is 9.73 Å². The molecule has 2 aromatic rings. The van der Waals surface area contributed by atoms with Gasteiger partial charge in [-0.15, -0.1) is 11.8 Å². The van der Waals surface area contributed by atoms with E-state index in [1.54, 1.807) is 6.07 Å². The van der Waals surface area contributed by atoms with Gasteiger partial charge in [0.25, 0.3) is 0 Å². The smallest absolute Gasteiger partial charge is 0.417 e. The Bertz CT molecular complexity index is 1040. The number of ether oxygens (including phenoxy) is 1. The van der Waals surface area contributed by atoms with Crippen molar-refractivity contribution in [3.8, 4) is 11.8 Å². The summed E-state index contributed by atoms with van der Waals surface area (Å²) in [5, 5.41) is 8.96. The SMILES string of the molecule is Cn1cc(C(F)(F)F)cc(OC(F)F)/c1=N/C1CCSc2c1ccc(C#N)c2F. The molecule has 11 heteroatoms. The maximum atomic E-state index is 14.4. The zero-order valence-corrected chi connectivity index (χ0v) is 15.6. The Balaban J connectivity index is 2.17. The fourth-order valence-corrected chi connectivity index (χ4v) is 4.11. The molecule has 1 aliphatic heterocycles. The van der Waals surface area contributed by atoms with E-state index in [1.165, 1.54) is 30.9 Å². The Hall–Kier alpha value is -2.61. The van der Waals surface area contributed by atoms with Crippen molar-refractivity contribution in [2.45, 2.75) is 30.1 Å². The van der Waals surface area contributed by atoms with Crippen LogP contribution in [0.3, 0.4) is 0 Å². The van der Waals surface area contributed by atoms with Crippen molar-refractivity contribution in [3.63, 3.8) is 0 Å². The van der Waals surface area contributed by atoms with Gasteiger partial charge in [0.1, 0.15) is 6.07 Å². The molecule has 1 aromatic heterocycles. The Morgan fingerprint density at radius 1 is 1.34 bits per heavy atom. The maximum absolute atomic E-state index is 14.4. The number of hydrogen-bond acceptors (Lipinski definition) is 4. The van der Waals surface area contributed by atoms with Crippen LogP contribution in [0.1, 0.15) is 29.2 Å². The summed E-state index contributed by atoms with van der Waals surface area (Å²) in [6.07, 6.45) is -3.64. The minimum Gasteiger partial charge on any atom is -0.431 e. The van der Waals surface area contributed by atoms with Crippen LogP contribution in [0.15, 0.2) is 34.3 Å². The summed E-state index contributed by atoms with van der Waals surface area (Å²) < 4.78 is 84.3. The zero-order chi connectivity index (χ0) is 21.3. The first-order valence-corrected chi connectivity index (χ1v) is 9.22. The number of thioether (sulfide) groups is 1. The van der Waals surface area contributed by atoms with Crippen molar-refractivity contribution >= 4 is 11.8 Å². The van der Waals surface area contributed by atoms with Crippen LogP contribution in [0.4, 0.5) is 26.3 Å². The lowest BCUT2D eigenvalue weighted by Gasteiger charge is -2.23. The highest BCUT2D eigenvalue weighted by atomic mass is 32.2. The third kappa shape index (κ3) is 4.37. The highest BCUT2D eigenvalue weighted by Gasteiger charge is 2.33. The van der Waals surface area contributed by atoms with Gasteiger partial charge in [-0.1, -0.05) is 6.07 Å². The van der Waals surface area contributed by atoms with Crippen molar-refractivity contribution in [2.75, 3.05) is 5.75 Å². The minimum absolute atomic E-state index is 0.140. The predicted molar refractivity (Wildman–Crippen MR) is 91.8 cm³/mol. The molecule has 0 saturated heterocycles. The second-order valence-electron chi connectivity index (χ2n) is 6.14. The number of nitriles is 1. The highest BCUT2D eigenvalue weighted by Crippen LogP contribution is 2.40. The number of fused-ring (bicyclic) bond motifs is 1. The van der Waals surface area contributed by atoms with Gasteiger partial charge in [-0.25, -0.2) is 4.39 Å². The van der Waals surface area contributed by atoms with Crippen LogP contribution in [0.5, 0.6) is 5.75 Å². The molecule has 1 aromatic carbocycles. The molecule has 0 aliphatic carbocycles. The van der Waals surface area contributed by atoms with E-state index in [4.69, 9.17) is 5.26 Å². The average Bonchev–Trinajstić information content (AvgIpc) is 2.63. The Kier molecular flexibility index (Phi) is 5.84. The summed E-state index contributed by atoms with van der Waals surface area (Å²) >= 11 is 1.19. The number of nitrogens with zero attached hydrogens (tertiary/aromatic N) is 3. The largest absolute Gasteiger partial charge is 0.431 e. The summed E-state index contributed by atoms with van der Waals surface area (Å²) in [6, 6.07) is 4.29. The van der Waals surface area contributed by atoms with Gasteiger partial charge in [-0.2, -0.15) is 27.2 Å². The van der Waals surface area contributed by atoms with E-state index in [1.807, 2.05) is 0 Å². The van der Waals surface area contributed by atoms with Gasteiger partial charge in [0.2, 0.25) is 0 Å². The average molecular weight is 433 g/mol. The molecule has 154 valence electrons. The Morgan fingerprint density at radius 2 is 2.07 bits per heavy atom. The molecule has 3 rings (SSSR count). The zero-order valence-electron chi connectivity index (χ0n) is 14.8. The summed E-state index contributed by atoms with van der Waals surface area (Å²) in [6.45, 7) is -3.35. The van der Waals surface area contributed by atoms with Crippen LogP contribution < -0.4 is 10.2 Å². The van der Waals surface area contributed by atoms with Crippen LogP contribution in [0, 0.1) is 17.1 Å². The summed E-state index contributed by atoms with van der Waals surface area (Å²) in [5.74, 6) is -0.996. The monoisotopic (exact) mass is 433 g/mol. The molecule has 29 heavy (non-hydrogen) atoms. The number of benzene rings is 1. The molecular formula is C18H13F6N3OS. The first-order valence-electron chi connectivity index (χ1n) is 8.23. The molecular weight excluding hydrogens is 420 g/mol. The van der Waals surface area contributed by atoms with E-state index >= 15 is 0 Å². The first-order chi connectivity index (χ1) is 13.6. The quantitative estimate of drug-likeness (QED) is 0.654. The summed E-state index contributed by atoms with van der Waals surface area (Å²) in [4.78, 5) is 4.52. The molecule has 0 saturated carbocycles. The second-order valence-corrected chi connectivity index (χ2v) is 7.25. The standard InChI is InChI=1S/C18H13F6N3OS/c1-27-8-10(18(22,23)24)6-13(28-17(20)21)16(27)26-12-4-5-29-15-11(12)3-2-9(7-25)14(15)19/h2-3,6,8,12,17H,4-5H2,1H3/b26-16-. The summed E-state index contributed by atoms with van der Waals surface area (Å²) in [5.41, 5.74) is -1.11. The van der Waals surface area contributed by atoms with Gasteiger partial charge in [0.05, 0.1) is 17.2 Å². The van der Waals surface area contributed by atoms with Crippen molar-refractivity contribution < 1.29 is 31.1 Å². The van der Waals surface area contributed by atoms with E-state index in [-0.39, 0.29) is 15.9 Å². The number of aromatic nitrogens is 1. The van der Waals surface area contributed by atoms with Crippen molar-refractivity contribution in [1.29, 1.82) is 5.26 Å². The van der Waals surface area contributed by atoms with E-state index in [0.29, 0.717) is 23.8 Å². The molecule has 0 spiro atoms. The predicted octanol–water partition coefficient (Wildman–Crippen LogP) is 4.79. The fraction of sp³-hybridized carbons (Fsp3) is 0.333. The number of hydrogen-bond donors (Lipinski definition) is 0. The minimum atomic E-state index is -4.76. The van der Waals surface area contributed by atoms with Crippen LogP contribution in [0.25, 0.3) is 0 Å². The second kappa shape index (κ2) is 8.02. The third-order valence-electron chi connectivity index (χ3n) is 4.24. The first kappa shape index (κ1) is 21.1. The van der Waals surface area contributed by atoms with Crippen LogP contribution >= 0.6 is 11.8 Å². The topological polar surface area (TPSA) is 50.3 Å². The molecule has 1 aliphatic rings. The van der Waals surface area contributed by atoms with E-state index in [9.17, 15) is 26.3 Å². The van der Waals surface area contributed by atoms with Gasteiger partial charge in [0, 0.05) is 23.9 Å². The fourth-order valence-electron chi connectivity index (χ4n) is 2.96. The number of halogens is 6. The van der Waals surface area contributed by atoms with Gasteiger partial charge in [0.15, 0.2) is 17.1 Å². The third-order valence-corrected chi connectivity index (χ3v) is 5.38. The lowest BCUT2D eigenvalue weighted by molar-refractivity contribution is -0.138. The number of rotatable bonds is 3. The van der Waals surface area contributed by atoms with Gasteiger partial charge in [-0.05, 0) is 24.1 Å². The van der Waals surface area contributed by atoms with Gasteiger partial charge in [-0.3, -0.25) is 4.99 Å². The molecule has 0 fully saturated rings. The maximum Gasteiger partial charge on any atom is 0.417 e. The molecule has 0 radical (unpaired) electrons. The van der Waals surface area contributed by atoms with Crippen molar-refractivity contribution in [1.82, 2.24) is 4.57 Å². The molecule has 1 atom stereocenters. The molecule has 0 N–H and O–H groups in total. The number of pyridine rings is 1. The summed E-state index contributed by atoms with van der Waals surface area (Å²) in [7, 11) is 1.23. The van der Waals surface area contributed by atoms with Crippen molar-refractivity contribution in [3.05, 3.63) is 52.4 Å². The Morgan fingerprint density at radius 3 is 2.69 bits per heavy atom. The molecule has 2 heterocycles. The highest BCUT2D eigenvalue weighted by molar-refractivity contribution is 7.99. The van der Waals surface area contributed by atoms with Crippen LogP contribution in [0.2, 0.25) is 0 Å². The van der Waals surface area contributed by atoms with E-state index < -0.39 is 36.0 Å². The van der Waals surface area contributed by atoms with Crippen LogP contribution in [-0.2, 0) is 13.2 Å². The number of alkyl halides is 5. The number of aryl methyl sites for hydroxylation is 1. The van der Waals surface area contributed by atoms with E-state index in [0.717, 1.165) is 10.8 Å². The van der Waals surface area contributed by atoms with Gasteiger partial charge >= 0.3 is 12.8 Å². The van der Waals surface area contributed by atoms with Crippen LogP contribution in [-0.4, -0.2) is 16.9 Å². The lowest BCUT2D eigenvalue weighted by atomic mass is 10.0. The molecule has 4 nitrogen and oxygen atoms in total. The molecule has 0 amide bonds. The molecule has 0 bridgehead atoms. The van der Waals surface area contributed by atoms with Gasteiger partial charge < -0.3 is 9.30 Å². The lowest BCUT2D eigenvalue weighted by Crippen LogP contribution is -2.26.